The third-order valence-electron chi connectivity index (χ3n) is 3.49. The lowest BCUT2D eigenvalue weighted by atomic mass is 9.96. The van der Waals surface area contributed by atoms with Gasteiger partial charge < -0.3 is 10.7 Å². The van der Waals surface area contributed by atoms with Gasteiger partial charge in [0.15, 0.2) is 5.65 Å². The molecule has 2 unspecified atom stereocenters. The lowest BCUT2D eigenvalue weighted by molar-refractivity contribution is 0.481. The number of aromatic amines is 1. The predicted molar refractivity (Wildman–Crippen MR) is 60.8 cm³/mol. The zero-order valence-corrected chi connectivity index (χ0v) is 9.06. The van der Waals surface area contributed by atoms with Gasteiger partial charge in [-0.3, -0.25) is 0 Å². The summed E-state index contributed by atoms with van der Waals surface area (Å²) < 4.78 is 0. The zero-order valence-electron chi connectivity index (χ0n) is 9.06. The minimum atomic E-state index is 0.471. The molecule has 0 amide bonds. The van der Waals surface area contributed by atoms with Crippen LogP contribution < -0.4 is 5.73 Å². The molecule has 3 rings (SSSR count). The first-order chi connectivity index (χ1) is 7.88. The van der Waals surface area contributed by atoms with Crippen molar-refractivity contribution in [3.8, 4) is 0 Å². The summed E-state index contributed by atoms with van der Waals surface area (Å²) in [4.78, 5) is 16.0. The third kappa shape index (κ3) is 1.48. The molecular formula is C11H15N5. The first-order valence-electron chi connectivity index (χ1n) is 5.74. The number of H-pyrrole nitrogens is 1. The van der Waals surface area contributed by atoms with Crippen molar-refractivity contribution in [3.05, 3.63) is 18.3 Å². The maximum absolute atomic E-state index is 5.79. The van der Waals surface area contributed by atoms with Gasteiger partial charge in [0.25, 0.3) is 0 Å². The van der Waals surface area contributed by atoms with Crippen LogP contribution in [0.5, 0.6) is 0 Å². The highest BCUT2D eigenvalue weighted by molar-refractivity contribution is 5.68. The molecule has 0 radical (unpaired) electrons. The second kappa shape index (κ2) is 3.83. The molecule has 0 saturated heterocycles. The van der Waals surface area contributed by atoms with Crippen molar-refractivity contribution in [2.75, 3.05) is 6.54 Å². The molecule has 3 N–H and O–H groups in total. The molecule has 1 fully saturated rings. The van der Waals surface area contributed by atoms with E-state index in [1.54, 1.807) is 6.20 Å². The number of hydrogen-bond acceptors (Lipinski definition) is 4. The van der Waals surface area contributed by atoms with Gasteiger partial charge in [0, 0.05) is 5.92 Å². The summed E-state index contributed by atoms with van der Waals surface area (Å²) >= 11 is 0. The molecular weight excluding hydrogens is 202 g/mol. The molecule has 5 nitrogen and oxygen atoms in total. The van der Waals surface area contributed by atoms with Gasteiger partial charge in [-0.1, -0.05) is 6.42 Å². The summed E-state index contributed by atoms with van der Waals surface area (Å²) in [7, 11) is 0. The van der Waals surface area contributed by atoms with E-state index >= 15 is 0 Å². The fourth-order valence-corrected chi connectivity index (χ4v) is 2.64. The van der Waals surface area contributed by atoms with Crippen LogP contribution in [0.15, 0.2) is 12.5 Å². The second-order valence-electron chi connectivity index (χ2n) is 4.42. The van der Waals surface area contributed by atoms with Gasteiger partial charge in [0.2, 0.25) is 0 Å². The number of rotatable bonds is 2. The number of fused-ring (bicyclic) bond motifs is 1. The molecule has 0 bridgehead atoms. The average molecular weight is 217 g/mol. The van der Waals surface area contributed by atoms with Gasteiger partial charge in [-0.15, -0.1) is 0 Å². The third-order valence-corrected chi connectivity index (χ3v) is 3.49. The SMILES string of the molecule is NCC1CCCC1c1nc2ncncc2[nH]1. The molecule has 1 aliphatic rings. The Bertz CT molecular complexity index is 459. The maximum Gasteiger partial charge on any atom is 0.180 e. The van der Waals surface area contributed by atoms with Crippen LogP contribution in [0.3, 0.4) is 0 Å². The Hall–Kier alpha value is -1.49. The minimum Gasteiger partial charge on any atom is -0.339 e. The highest BCUT2D eigenvalue weighted by Crippen LogP contribution is 2.37. The number of nitrogens with zero attached hydrogens (tertiary/aromatic N) is 3. The fourth-order valence-electron chi connectivity index (χ4n) is 2.64. The van der Waals surface area contributed by atoms with Gasteiger partial charge in [-0.05, 0) is 25.3 Å². The molecule has 16 heavy (non-hydrogen) atoms. The normalized spacial score (nSPS) is 25.3. The van der Waals surface area contributed by atoms with Crippen molar-refractivity contribution in [3.63, 3.8) is 0 Å². The van der Waals surface area contributed by atoms with Gasteiger partial charge >= 0.3 is 0 Å². The Morgan fingerprint density at radius 1 is 1.44 bits per heavy atom. The standard InChI is InChI=1S/C11H15N5/c12-4-7-2-1-3-8(7)10-15-9-5-13-6-14-11(9)16-10/h5-8H,1-4,12H2,(H,13,14,15,16). The first kappa shape index (κ1) is 9.72. The number of aromatic nitrogens is 4. The van der Waals surface area contributed by atoms with Gasteiger partial charge in [0.1, 0.15) is 17.7 Å². The van der Waals surface area contributed by atoms with Crippen LogP contribution in [0.4, 0.5) is 0 Å². The summed E-state index contributed by atoms with van der Waals surface area (Å²) in [5.41, 5.74) is 7.46. The molecule has 2 aromatic heterocycles. The topological polar surface area (TPSA) is 80.5 Å². The van der Waals surface area contributed by atoms with E-state index in [0.717, 1.165) is 23.5 Å². The van der Waals surface area contributed by atoms with E-state index in [1.807, 2.05) is 0 Å². The molecule has 2 aromatic rings. The summed E-state index contributed by atoms with van der Waals surface area (Å²) in [5, 5.41) is 0. The lowest BCUT2D eigenvalue weighted by Gasteiger charge is -2.14. The van der Waals surface area contributed by atoms with E-state index in [1.165, 1.54) is 25.6 Å². The molecule has 1 aliphatic carbocycles. The number of imidazole rings is 1. The van der Waals surface area contributed by atoms with Crippen molar-refractivity contribution in [1.82, 2.24) is 19.9 Å². The van der Waals surface area contributed by atoms with E-state index in [4.69, 9.17) is 5.73 Å². The molecule has 0 spiro atoms. The number of nitrogens with one attached hydrogen (secondary N) is 1. The second-order valence-corrected chi connectivity index (χ2v) is 4.42. The molecule has 2 heterocycles. The Kier molecular flexibility index (Phi) is 2.32. The largest absolute Gasteiger partial charge is 0.339 e. The number of hydrogen-bond donors (Lipinski definition) is 2. The van der Waals surface area contributed by atoms with E-state index in [2.05, 4.69) is 19.9 Å². The van der Waals surface area contributed by atoms with Crippen LogP contribution in [-0.2, 0) is 0 Å². The molecule has 5 heteroatoms. The van der Waals surface area contributed by atoms with E-state index in [0.29, 0.717) is 11.8 Å². The first-order valence-corrected chi connectivity index (χ1v) is 5.74. The molecule has 0 aromatic carbocycles. The molecule has 2 atom stereocenters. The van der Waals surface area contributed by atoms with Crippen LogP contribution in [0.2, 0.25) is 0 Å². The predicted octanol–water partition coefficient (Wildman–Crippen LogP) is 1.20. The Labute approximate surface area is 93.5 Å². The van der Waals surface area contributed by atoms with E-state index in [9.17, 15) is 0 Å². The number of nitrogens with two attached hydrogens (primary N) is 1. The molecule has 84 valence electrons. The maximum atomic E-state index is 5.79. The summed E-state index contributed by atoms with van der Waals surface area (Å²) in [6.45, 7) is 0.743. The van der Waals surface area contributed by atoms with Crippen molar-refractivity contribution in [2.24, 2.45) is 11.7 Å². The Morgan fingerprint density at radius 2 is 2.38 bits per heavy atom. The quantitative estimate of drug-likeness (QED) is 0.792. The van der Waals surface area contributed by atoms with Crippen LogP contribution in [0, 0.1) is 5.92 Å². The van der Waals surface area contributed by atoms with Crippen LogP contribution in [0.25, 0.3) is 11.2 Å². The lowest BCUT2D eigenvalue weighted by Crippen LogP contribution is -2.17. The minimum absolute atomic E-state index is 0.471. The van der Waals surface area contributed by atoms with Crippen molar-refractivity contribution < 1.29 is 0 Å². The summed E-state index contributed by atoms with van der Waals surface area (Å²) in [6, 6.07) is 0. The fraction of sp³-hybridized carbons (Fsp3) is 0.545. The summed E-state index contributed by atoms with van der Waals surface area (Å²) in [6.07, 6.45) is 6.93. The Morgan fingerprint density at radius 3 is 3.19 bits per heavy atom. The zero-order chi connectivity index (χ0) is 11.0. The highest BCUT2D eigenvalue weighted by Gasteiger charge is 2.29. The van der Waals surface area contributed by atoms with E-state index < -0.39 is 0 Å². The smallest absolute Gasteiger partial charge is 0.180 e. The van der Waals surface area contributed by atoms with Crippen LogP contribution >= 0.6 is 0 Å². The van der Waals surface area contributed by atoms with Crippen molar-refractivity contribution in [2.45, 2.75) is 25.2 Å². The van der Waals surface area contributed by atoms with Gasteiger partial charge in [-0.25, -0.2) is 15.0 Å². The molecule has 0 aliphatic heterocycles. The average Bonchev–Trinajstić information content (AvgIpc) is 2.94. The van der Waals surface area contributed by atoms with E-state index in [-0.39, 0.29) is 0 Å². The van der Waals surface area contributed by atoms with Crippen LogP contribution in [-0.4, -0.2) is 26.5 Å². The van der Waals surface area contributed by atoms with Gasteiger partial charge in [0.05, 0.1) is 6.20 Å². The van der Waals surface area contributed by atoms with Crippen molar-refractivity contribution >= 4 is 11.2 Å². The van der Waals surface area contributed by atoms with Crippen LogP contribution in [0.1, 0.15) is 31.0 Å². The van der Waals surface area contributed by atoms with Gasteiger partial charge in [-0.2, -0.15) is 0 Å². The van der Waals surface area contributed by atoms with Crippen molar-refractivity contribution in [1.29, 1.82) is 0 Å². The summed E-state index contributed by atoms with van der Waals surface area (Å²) in [5.74, 6) is 2.07. The monoisotopic (exact) mass is 217 g/mol. The molecule has 1 saturated carbocycles. The Balaban J connectivity index is 1.99. The highest BCUT2D eigenvalue weighted by atomic mass is 15.0.